The van der Waals surface area contributed by atoms with Crippen LogP contribution in [0.15, 0.2) is 30.5 Å². The molecule has 2 aromatic rings. The zero-order valence-corrected chi connectivity index (χ0v) is 15.6. The van der Waals surface area contributed by atoms with Gasteiger partial charge in [-0.25, -0.2) is 4.79 Å². The van der Waals surface area contributed by atoms with Crippen molar-refractivity contribution in [2.75, 3.05) is 12.9 Å². The van der Waals surface area contributed by atoms with Gasteiger partial charge in [0.05, 0.1) is 18.9 Å². The van der Waals surface area contributed by atoms with Gasteiger partial charge in [-0.3, -0.25) is 4.18 Å². The molecule has 1 heterocycles. The predicted molar refractivity (Wildman–Crippen MR) is 96.0 cm³/mol. The summed E-state index contributed by atoms with van der Waals surface area (Å²) in [6.07, 6.45) is 2.58. The Labute approximate surface area is 147 Å². The number of nitrogens with one attached hydrogen (secondary N) is 2. The van der Waals surface area contributed by atoms with E-state index in [1.54, 1.807) is 20.8 Å². The summed E-state index contributed by atoms with van der Waals surface area (Å²) in [5.41, 5.74) is 1.24. The molecule has 0 aliphatic heterocycles. The van der Waals surface area contributed by atoms with E-state index >= 15 is 0 Å². The topological polar surface area (TPSA) is 97.5 Å². The first-order chi connectivity index (χ1) is 11.5. The van der Waals surface area contributed by atoms with E-state index in [-0.39, 0.29) is 6.61 Å². The number of hydrogen-bond donors (Lipinski definition) is 2. The van der Waals surface area contributed by atoms with Gasteiger partial charge in [-0.15, -0.1) is 0 Å². The molecular weight excluding hydrogens is 344 g/mol. The number of amides is 1. The number of fused-ring (bicyclic) bond motifs is 1. The minimum Gasteiger partial charge on any atom is -0.444 e. The summed E-state index contributed by atoms with van der Waals surface area (Å²) in [7, 11) is -3.61. The van der Waals surface area contributed by atoms with Crippen LogP contribution in [-0.2, 0) is 25.5 Å². The summed E-state index contributed by atoms with van der Waals surface area (Å²) in [5.74, 6) is 0. The maximum atomic E-state index is 12.1. The molecule has 0 radical (unpaired) electrons. The second-order valence-corrected chi connectivity index (χ2v) is 8.54. The van der Waals surface area contributed by atoms with Crippen molar-refractivity contribution in [3.8, 4) is 0 Å². The van der Waals surface area contributed by atoms with E-state index < -0.39 is 27.9 Å². The second-order valence-electron chi connectivity index (χ2n) is 6.89. The van der Waals surface area contributed by atoms with Crippen LogP contribution in [0.2, 0.25) is 0 Å². The van der Waals surface area contributed by atoms with E-state index in [1.807, 2.05) is 30.5 Å². The van der Waals surface area contributed by atoms with Gasteiger partial charge in [0, 0.05) is 11.7 Å². The lowest BCUT2D eigenvalue weighted by molar-refractivity contribution is 0.0488. The van der Waals surface area contributed by atoms with Crippen molar-refractivity contribution in [1.82, 2.24) is 10.3 Å². The van der Waals surface area contributed by atoms with Gasteiger partial charge in [-0.05, 0) is 44.2 Å². The third-order valence-corrected chi connectivity index (χ3v) is 3.91. The molecule has 0 spiro atoms. The van der Waals surface area contributed by atoms with Crippen LogP contribution in [-0.4, -0.2) is 44.0 Å². The molecule has 0 saturated carbocycles. The zero-order valence-electron chi connectivity index (χ0n) is 14.8. The number of benzene rings is 1. The molecule has 1 aromatic heterocycles. The van der Waals surface area contributed by atoms with Gasteiger partial charge in [0.15, 0.2) is 0 Å². The molecule has 0 bridgehead atoms. The summed E-state index contributed by atoms with van der Waals surface area (Å²) in [6.45, 7) is 5.10. The number of alkyl carbamates (subject to hydrolysis) is 1. The number of para-hydroxylation sites is 1. The zero-order chi connectivity index (χ0) is 18.7. The average Bonchev–Trinajstić information content (AvgIpc) is 2.91. The van der Waals surface area contributed by atoms with Crippen molar-refractivity contribution < 1.29 is 22.1 Å². The van der Waals surface area contributed by atoms with Gasteiger partial charge in [-0.1, -0.05) is 18.2 Å². The van der Waals surface area contributed by atoms with Gasteiger partial charge in [-0.2, -0.15) is 8.42 Å². The van der Waals surface area contributed by atoms with Gasteiger partial charge >= 0.3 is 6.09 Å². The number of carbonyl (C=O) groups excluding carboxylic acids is 1. The van der Waals surface area contributed by atoms with Crippen molar-refractivity contribution >= 4 is 27.1 Å². The fourth-order valence-electron chi connectivity index (χ4n) is 2.42. The monoisotopic (exact) mass is 368 g/mol. The lowest BCUT2D eigenvalue weighted by atomic mass is 10.0. The van der Waals surface area contributed by atoms with E-state index in [4.69, 9.17) is 8.92 Å². The SMILES string of the molecule is CC(C)(C)OC(=O)NC(COS(C)(=O)=O)Cc1cccc2cc[nH]c12. The van der Waals surface area contributed by atoms with Crippen LogP contribution < -0.4 is 5.32 Å². The number of rotatable bonds is 6. The van der Waals surface area contributed by atoms with E-state index in [2.05, 4.69) is 10.3 Å². The largest absolute Gasteiger partial charge is 0.444 e. The third-order valence-electron chi connectivity index (χ3n) is 3.34. The number of carbonyl (C=O) groups is 1. The number of hydrogen-bond acceptors (Lipinski definition) is 5. The fraction of sp³-hybridized carbons (Fsp3) is 0.471. The van der Waals surface area contributed by atoms with Crippen LogP contribution in [0.5, 0.6) is 0 Å². The Bertz CT molecular complexity index is 836. The van der Waals surface area contributed by atoms with Gasteiger partial charge in [0.1, 0.15) is 5.60 Å². The van der Waals surface area contributed by atoms with Crippen LogP contribution in [0, 0.1) is 0 Å². The summed E-state index contributed by atoms with van der Waals surface area (Å²) in [4.78, 5) is 15.2. The summed E-state index contributed by atoms with van der Waals surface area (Å²) >= 11 is 0. The smallest absolute Gasteiger partial charge is 0.407 e. The third kappa shape index (κ3) is 6.39. The molecule has 25 heavy (non-hydrogen) atoms. The Hall–Kier alpha value is -2.06. The van der Waals surface area contributed by atoms with Crippen LogP contribution in [0.25, 0.3) is 10.9 Å². The normalized spacial score (nSPS) is 13.6. The lowest BCUT2D eigenvalue weighted by Gasteiger charge is -2.23. The molecule has 2 rings (SSSR count). The molecule has 0 aliphatic carbocycles. The molecule has 1 aromatic carbocycles. The Morgan fingerprint density at radius 3 is 2.64 bits per heavy atom. The molecule has 1 amide bonds. The van der Waals surface area contributed by atoms with Crippen molar-refractivity contribution in [2.45, 2.75) is 38.8 Å². The van der Waals surface area contributed by atoms with Crippen molar-refractivity contribution in [2.24, 2.45) is 0 Å². The van der Waals surface area contributed by atoms with Crippen LogP contribution in [0.3, 0.4) is 0 Å². The minimum atomic E-state index is -3.61. The first kappa shape index (κ1) is 19.3. The van der Waals surface area contributed by atoms with Crippen LogP contribution in [0.1, 0.15) is 26.3 Å². The first-order valence-electron chi connectivity index (χ1n) is 7.92. The molecular formula is C17H24N2O5S. The molecule has 7 nitrogen and oxygen atoms in total. The maximum Gasteiger partial charge on any atom is 0.407 e. The molecule has 1 atom stereocenters. The predicted octanol–water partition coefficient (Wildman–Crippen LogP) is 2.58. The summed E-state index contributed by atoms with van der Waals surface area (Å²) < 4.78 is 32.7. The summed E-state index contributed by atoms with van der Waals surface area (Å²) in [5, 5.41) is 3.73. The fourth-order valence-corrected chi connectivity index (χ4v) is 2.83. The molecule has 0 fully saturated rings. The van der Waals surface area contributed by atoms with Crippen LogP contribution in [0.4, 0.5) is 4.79 Å². The van der Waals surface area contributed by atoms with Crippen molar-refractivity contribution in [3.63, 3.8) is 0 Å². The molecule has 0 saturated heterocycles. The minimum absolute atomic E-state index is 0.171. The Morgan fingerprint density at radius 2 is 2.00 bits per heavy atom. The Morgan fingerprint density at radius 1 is 1.28 bits per heavy atom. The van der Waals surface area contributed by atoms with E-state index in [1.165, 1.54) is 0 Å². The van der Waals surface area contributed by atoms with E-state index in [9.17, 15) is 13.2 Å². The Kier molecular flexibility index (Phi) is 5.74. The standard InChI is InChI=1S/C17H24N2O5S/c1-17(2,3)24-16(20)19-14(11-23-25(4,21)22)10-13-7-5-6-12-8-9-18-15(12)13/h5-9,14,18H,10-11H2,1-4H3,(H,19,20). The molecule has 1 unspecified atom stereocenters. The number of aromatic nitrogens is 1. The van der Waals surface area contributed by atoms with Crippen molar-refractivity contribution in [3.05, 3.63) is 36.0 Å². The second kappa shape index (κ2) is 7.45. The van der Waals surface area contributed by atoms with Gasteiger partial charge < -0.3 is 15.0 Å². The highest BCUT2D eigenvalue weighted by Gasteiger charge is 2.22. The Balaban J connectivity index is 2.16. The highest BCUT2D eigenvalue weighted by atomic mass is 32.2. The molecule has 2 N–H and O–H groups in total. The number of ether oxygens (including phenoxy) is 1. The highest BCUT2D eigenvalue weighted by Crippen LogP contribution is 2.19. The maximum absolute atomic E-state index is 12.1. The highest BCUT2D eigenvalue weighted by molar-refractivity contribution is 7.85. The van der Waals surface area contributed by atoms with E-state index in [0.29, 0.717) is 6.42 Å². The molecule has 8 heteroatoms. The van der Waals surface area contributed by atoms with Crippen LogP contribution >= 0.6 is 0 Å². The summed E-state index contributed by atoms with van der Waals surface area (Å²) in [6, 6.07) is 7.19. The van der Waals surface area contributed by atoms with Gasteiger partial charge in [0.25, 0.3) is 10.1 Å². The lowest BCUT2D eigenvalue weighted by Crippen LogP contribution is -2.43. The quantitative estimate of drug-likeness (QED) is 0.764. The number of aromatic amines is 1. The van der Waals surface area contributed by atoms with Crippen molar-refractivity contribution in [1.29, 1.82) is 0 Å². The van der Waals surface area contributed by atoms with Gasteiger partial charge in [0.2, 0.25) is 0 Å². The first-order valence-corrected chi connectivity index (χ1v) is 9.74. The van der Waals surface area contributed by atoms with E-state index in [0.717, 1.165) is 22.7 Å². The number of H-pyrrole nitrogens is 1. The average molecular weight is 368 g/mol. The molecule has 138 valence electrons. The molecule has 0 aliphatic rings.